The highest BCUT2D eigenvalue weighted by Crippen LogP contribution is 2.00. The fourth-order valence-electron chi connectivity index (χ4n) is 0.755. The summed E-state index contributed by atoms with van der Waals surface area (Å²) in [5, 5.41) is 19.7. The summed E-state index contributed by atoms with van der Waals surface area (Å²) in [6.07, 6.45) is -0.609. The van der Waals surface area contributed by atoms with E-state index in [-0.39, 0.29) is 31.8 Å². The van der Waals surface area contributed by atoms with Crippen molar-refractivity contribution in [1.82, 2.24) is 5.32 Å². The second-order valence-electron chi connectivity index (χ2n) is 3.04. The van der Waals surface area contributed by atoms with E-state index in [1.165, 1.54) is 0 Å². The second kappa shape index (κ2) is 6.68. The number of hydrogen-bond acceptors (Lipinski definition) is 4. The van der Waals surface area contributed by atoms with Crippen LogP contribution in [0.4, 0.5) is 4.79 Å². The summed E-state index contributed by atoms with van der Waals surface area (Å²) in [7, 11) is 0. The van der Waals surface area contributed by atoms with Crippen molar-refractivity contribution in [3.8, 4) is 0 Å². The molecule has 3 N–H and O–H groups in total. The Balaban J connectivity index is 3.73. The van der Waals surface area contributed by atoms with Crippen LogP contribution in [0, 0.1) is 5.92 Å². The number of aliphatic hydroxyl groups is 2. The molecule has 0 rings (SSSR count). The summed E-state index contributed by atoms with van der Waals surface area (Å²) >= 11 is 0. The van der Waals surface area contributed by atoms with Gasteiger partial charge in [0.25, 0.3) is 0 Å². The van der Waals surface area contributed by atoms with E-state index in [1.54, 1.807) is 0 Å². The lowest BCUT2D eigenvalue weighted by atomic mass is 10.1. The molecule has 0 aromatic carbocycles. The summed E-state index contributed by atoms with van der Waals surface area (Å²) < 4.78 is 4.56. The number of nitrogens with one attached hydrogen (secondary N) is 1. The van der Waals surface area contributed by atoms with Crippen LogP contribution in [-0.4, -0.2) is 42.2 Å². The van der Waals surface area contributed by atoms with Gasteiger partial charge in [-0.1, -0.05) is 13.8 Å². The molecule has 1 amide bonds. The lowest BCUT2D eigenvalue weighted by molar-refractivity contribution is 0.108. The molecule has 0 fully saturated rings. The van der Waals surface area contributed by atoms with Crippen LogP contribution >= 0.6 is 0 Å². The second-order valence-corrected chi connectivity index (χ2v) is 3.04. The average Bonchev–Trinajstić information content (AvgIpc) is 2.10. The van der Waals surface area contributed by atoms with Crippen molar-refractivity contribution in [3.05, 3.63) is 0 Å². The van der Waals surface area contributed by atoms with Crippen molar-refractivity contribution in [2.75, 3.05) is 19.8 Å². The molecule has 5 nitrogen and oxygen atoms in total. The van der Waals surface area contributed by atoms with E-state index < -0.39 is 6.09 Å². The van der Waals surface area contributed by atoms with Crippen LogP contribution in [0.1, 0.15) is 13.8 Å². The maximum absolute atomic E-state index is 10.9. The van der Waals surface area contributed by atoms with Gasteiger partial charge in [-0.05, 0) is 5.92 Å². The van der Waals surface area contributed by atoms with Gasteiger partial charge in [0.1, 0.15) is 6.61 Å². The molecule has 0 aliphatic carbocycles. The summed E-state index contributed by atoms with van der Waals surface area (Å²) in [4.78, 5) is 10.9. The van der Waals surface area contributed by atoms with Gasteiger partial charge >= 0.3 is 6.09 Å². The first-order valence-corrected chi connectivity index (χ1v) is 4.26. The zero-order valence-corrected chi connectivity index (χ0v) is 7.99. The van der Waals surface area contributed by atoms with Crippen molar-refractivity contribution in [2.24, 2.45) is 5.92 Å². The first kappa shape index (κ1) is 12.2. The molecular weight excluding hydrogens is 174 g/mol. The molecule has 0 aromatic rings. The van der Waals surface area contributed by atoms with Crippen molar-refractivity contribution in [3.63, 3.8) is 0 Å². The summed E-state index contributed by atoms with van der Waals surface area (Å²) in [5.74, 6) is 0.145. The number of hydrogen-bond donors (Lipinski definition) is 3. The fourth-order valence-corrected chi connectivity index (χ4v) is 0.755. The molecule has 0 radical (unpaired) electrons. The monoisotopic (exact) mass is 191 g/mol. The minimum Gasteiger partial charge on any atom is -0.447 e. The van der Waals surface area contributed by atoms with Gasteiger partial charge in [0.05, 0.1) is 19.3 Å². The Hall–Kier alpha value is -0.810. The van der Waals surface area contributed by atoms with Gasteiger partial charge in [0, 0.05) is 0 Å². The molecule has 1 unspecified atom stereocenters. The lowest BCUT2D eigenvalue weighted by Gasteiger charge is -2.19. The van der Waals surface area contributed by atoms with E-state index in [0.29, 0.717) is 0 Å². The molecule has 5 heteroatoms. The molecule has 0 spiro atoms. The predicted molar refractivity (Wildman–Crippen MR) is 47.3 cm³/mol. The van der Waals surface area contributed by atoms with Gasteiger partial charge in [-0.15, -0.1) is 0 Å². The van der Waals surface area contributed by atoms with Crippen molar-refractivity contribution >= 4 is 6.09 Å². The highest BCUT2D eigenvalue weighted by atomic mass is 16.6. The van der Waals surface area contributed by atoms with E-state index in [2.05, 4.69) is 10.1 Å². The van der Waals surface area contributed by atoms with Gasteiger partial charge in [-0.3, -0.25) is 0 Å². The molecule has 0 aliphatic heterocycles. The van der Waals surface area contributed by atoms with Crippen molar-refractivity contribution in [1.29, 1.82) is 0 Å². The van der Waals surface area contributed by atoms with Crippen LogP contribution in [0.2, 0.25) is 0 Å². The van der Waals surface area contributed by atoms with Gasteiger partial charge < -0.3 is 20.3 Å². The molecule has 1 atom stereocenters. The molecule has 0 heterocycles. The van der Waals surface area contributed by atoms with Gasteiger partial charge in [-0.2, -0.15) is 0 Å². The zero-order chi connectivity index (χ0) is 10.3. The topological polar surface area (TPSA) is 78.8 Å². The number of carbonyl (C=O) groups is 1. The van der Waals surface area contributed by atoms with Crippen LogP contribution in [0.3, 0.4) is 0 Å². The minimum absolute atomic E-state index is 0.0257. The number of ether oxygens (including phenoxy) is 1. The highest BCUT2D eigenvalue weighted by Gasteiger charge is 2.15. The number of carbonyl (C=O) groups excluding carboxylic acids is 1. The Morgan fingerprint density at radius 1 is 1.46 bits per heavy atom. The third-order valence-corrected chi connectivity index (χ3v) is 1.63. The normalized spacial score (nSPS) is 12.7. The van der Waals surface area contributed by atoms with E-state index >= 15 is 0 Å². The smallest absolute Gasteiger partial charge is 0.407 e. The number of aliphatic hydroxyl groups excluding tert-OH is 2. The third kappa shape index (κ3) is 5.43. The number of rotatable bonds is 5. The molecule has 0 saturated heterocycles. The van der Waals surface area contributed by atoms with Gasteiger partial charge in [-0.25, -0.2) is 4.79 Å². The van der Waals surface area contributed by atoms with Crippen LogP contribution in [-0.2, 0) is 4.74 Å². The summed E-state index contributed by atoms with van der Waals surface area (Å²) in [6.45, 7) is 3.42. The molecule has 13 heavy (non-hydrogen) atoms. The van der Waals surface area contributed by atoms with E-state index in [0.717, 1.165) is 0 Å². The van der Waals surface area contributed by atoms with Crippen molar-refractivity contribution in [2.45, 2.75) is 19.9 Å². The van der Waals surface area contributed by atoms with Gasteiger partial charge in [0.2, 0.25) is 0 Å². The number of amides is 1. The Labute approximate surface area is 77.7 Å². The third-order valence-electron chi connectivity index (χ3n) is 1.63. The predicted octanol–water partition coefficient (Wildman–Crippen LogP) is -0.278. The average molecular weight is 191 g/mol. The fraction of sp³-hybridized carbons (Fsp3) is 0.875. The van der Waals surface area contributed by atoms with E-state index in [9.17, 15) is 4.79 Å². The largest absolute Gasteiger partial charge is 0.447 e. The van der Waals surface area contributed by atoms with Gasteiger partial charge in [0.15, 0.2) is 0 Å². The SMILES string of the molecule is CC(C)C(CO)NC(=O)OCCO. The Morgan fingerprint density at radius 2 is 2.08 bits per heavy atom. The van der Waals surface area contributed by atoms with E-state index in [1.807, 2.05) is 13.8 Å². The molecule has 0 aromatic heterocycles. The summed E-state index contributed by atoms with van der Waals surface area (Å²) in [5.41, 5.74) is 0. The number of alkyl carbamates (subject to hydrolysis) is 1. The molecule has 0 bridgehead atoms. The molecule has 0 saturated carbocycles. The van der Waals surface area contributed by atoms with Crippen LogP contribution in [0.15, 0.2) is 0 Å². The van der Waals surface area contributed by atoms with Crippen LogP contribution in [0.5, 0.6) is 0 Å². The minimum atomic E-state index is -0.609. The Bertz CT molecular complexity index is 149. The van der Waals surface area contributed by atoms with Crippen molar-refractivity contribution < 1.29 is 19.7 Å². The Morgan fingerprint density at radius 3 is 2.46 bits per heavy atom. The maximum Gasteiger partial charge on any atom is 0.407 e. The maximum atomic E-state index is 10.9. The summed E-state index contributed by atoms with van der Waals surface area (Å²) in [6, 6.07) is -0.300. The first-order valence-electron chi connectivity index (χ1n) is 4.26. The van der Waals surface area contributed by atoms with Crippen LogP contribution < -0.4 is 5.32 Å². The first-order chi connectivity index (χ1) is 6.11. The van der Waals surface area contributed by atoms with Crippen LogP contribution in [0.25, 0.3) is 0 Å². The molecule has 78 valence electrons. The quantitative estimate of drug-likeness (QED) is 0.558. The standard InChI is InChI=1S/C8H17NO4/c1-6(2)7(5-11)9-8(12)13-4-3-10/h6-7,10-11H,3-5H2,1-2H3,(H,9,12). The lowest BCUT2D eigenvalue weighted by Crippen LogP contribution is -2.41. The molecular formula is C8H17NO4. The molecule has 0 aliphatic rings. The Kier molecular flexibility index (Phi) is 6.26. The van der Waals surface area contributed by atoms with E-state index in [4.69, 9.17) is 10.2 Å². The zero-order valence-electron chi connectivity index (χ0n) is 7.99. The highest BCUT2D eigenvalue weighted by molar-refractivity contribution is 5.67.